The summed E-state index contributed by atoms with van der Waals surface area (Å²) in [4.78, 5) is 0. The summed E-state index contributed by atoms with van der Waals surface area (Å²) in [5, 5.41) is 0.194. The first-order chi connectivity index (χ1) is 3.33. The van der Waals surface area contributed by atoms with Gasteiger partial charge in [-0.15, -0.1) is 23.2 Å². The SMILES string of the molecule is CCCN.ClCCl. The molecule has 0 aromatic heterocycles. The van der Waals surface area contributed by atoms with E-state index < -0.39 is 0 Å². The van der Waals surface area contributed by atoms with E-state index in [1.807, 2.05) is 0 Å². The van der Waals surface area contributed by atoms with Gasteiger partial charge in [0.2, 0.25) is 0 Å². The summed E-state index contributed by atoms with van der Waals surface area (Å²) in [5.41, 5.74) is 5.03. The maximum atomic E-state index is 5.03. The molecule has 0 aliphatic carbocycles. The summed E-state index contributed by atoms with van der Waals surface area (Å²) >= 11 is 9.53. The Morgan fingerprint density at radius 3 is 1.57 bits per heavy atom. The van der Waals surface area contributed by atoms with Crippen LogP contribution in [0.4, 0.5) is 0 Å². The molecule has 0 saturated heterocycles. The van der Waals surface area contributed by atoms with Crippen LogP contribution < -0.4 is 5.73 Å². The summed E-state index contributed by atoms with van der Waals surface area (Å²) in [7, 11) is 0. The van der Waals surface area contributed by atoms with E-state index >= 15 is 0 Å². The predicted molar refractivity (Wildman–Crippen MR) is 35.9 cm³/mol. The van der Waals surface area contributed by atoms with Gasteiger partial charge in [0.05, 0.1) is 5.34 Å². The Hall–Kier alpha value is 0.540. The highest BCUT2D eigenvalue weighted by Gasteiger charge is 1.55. The summed E-state index contributed by atoms with van der Waals surface area (Å²) < 4.78 is 0. The average Bonchev–Trinajstić information content (AvgIpc) is 1.69. The normalized spacial score (nSPS) is 6.86. The highest BCUT2D eigenvalue weighted by atomic mass is 35.5. The summed E-state index contributed by atoms with van der Waals surface area (Å²) in [6, 6.07) is 0. The van der Waals surface area contributed by atoms with Crippen LogP contribution in [-0.2, 0) is 0 Å². The van der Waals surface area contributed by atoms with E-state index in [0.717, 1.165) is 13.0 Å². The van der Waals surface area contributed by atoms with E-state index in [9.17, 15) is 0 Å². The van der Waals surface area contributed by atoms with E-state index in [1.165, 1.54) is 0 Å². The monoisotopic (exact) mass is 143 g/mol. The Balaban J connectivity index is 0. The lowest BCUT2D eigenvalue weighted by Crippen LogP contribution is -1.93. The van der Waals surface area contributed by atoms with Gasteiger partial charge in [-0.2, -0.15) is 0 Å². The molecule has 3 heteroatoms. The van der Waals surface area contributed by atoms with Crippen molar-refractivity contribution in [3.8, 4) is 0 Å². The molecule has 0 spiro atoms. The number of nitrogens with two attached hydrogens (primary N) is 1. The van der Waals surface area contributed by atoms with Gasteiger partial charge in [-0.3, -0.25) is 0 Å². The lowest BCUT2D eigenvalue weighted by molar-refractivity contribution is 0.932. The first-order valence-corrected chi connectivity index (χ1v) is 3.22. The highest BCUT2D eigenvalue weighted by Crippen LogP contribution is 1.73. The van der Waals surface area contributed by atoms with E-state index in [4.69, 9.17) is 28.9 Å². The lowest BCUT2D eigenvalue weighted by atomic mass is 10.5. The van der Waals surface area contributed by atoms with Crippen molar-refractivity contribution in [2.75, 3.05) is 11.9 Å². The summed E-state index contributed by atoms with van der Waals surface area (Å²) in [5.74, 6) is 0. The molecule has 0 aliphatic rings. The van der Waals surface area contributed by atoms with Crippen LogP contribution in [-0.4, -0.2) is 11.9 Å². The molecule has 0 atom stereocenters. The van der Waals surface area contributed by atoms with Crippen LogP contribution in [0, 0.1) is 0 Å². The van der Waals surface area contributed by atoms with Gasteiger partial charge in [0.25, 0.3) is 0 Å². The predicted octanol–water partition coefficient (Wildman–Crippen LogP) is 1.78. The van der Waals surface area contributed by atoms with Crippen LogP contribution in [0.25, 0.3) is 0 Å². The van der Waals surface area contributed by atoms with Gasteiger partial charge >= 0.3 is 0 Å². The lowest BCUT2D eigenvalue weighted by Gasteiger charge is -1.70. The first-order valence-electron chi connectivity index (χ1n) is 2.15. The van der Waals surface area contributed by atoms with Gasteiger partial charge in [-0.1, -0.05) is 6.92 Å². The Kier molecular flexibility index (Phi) is 24.0. The Labute approximate surface area is 54.8 Å². The van der Waals surface area contributed by atoms with Crippen LogP contribution in [0.1, 0.15) is 13.3 Å². The molecule has 2 N–H and O–H groups in total. The molecule has 46 valence electrons. The van der Waals surface area contributed by atoms with Crippen LogP contribution in [0.5, 0.6) is 0 Å². The molecule has 0 aromatic carbocycles. The van der Waals surface area contributed by atoms with E-state index in [2.05, 4.69) is 6.92 Å². The second-order valence-corrected chi connectivity index (χ2v) is 1.70. The van der Waals surface area contributed by atoms with Gasteiger partial charge in [-0.05, 0) is 13.0 Å². The Morgan fingerprint density at radius 1 is 1.43 bits per heavy atom. The van der Waals surface area contributed by atoms with Crippen LogP contribution in [0.2, 0.25) is 0 Å². The average molecular weight is 144 g/mol. The fourth-order valence-corrected chi connectivity index (χ4v) is 0. The smallest absolute Gasteiger partial charge is 0.0967 e. The third kappa shape index (κ3) is 56.8. The number of hydrogen-bond acceptors (Lipinski definition) is 1. The molecule has 0 rings (SSSR count). The van der Waals surface area contributed by atoms with Crippen LogP contribution in [0.15, 0.2) is 0 Å². The third-order valence-electron chi connectivity index (χ3n) is 0.289. The van der Waals surface area contributed by atoms with Crippen molar-refractivity contribution in [2.45, 2.75) is 13.3 Å². The minimum atomic E-state index is 0.194. The molecule has 7 heavy (non-hydrogen) atoms. The fraction of sp³-hybridized carbons (Fsp3) is 1.00. The zero-order chi connectivity index (χ0) is 6.12. The molecule has 0 radical (unpaired) electrons. The minimum Gasteiger partial charge on any atom is -0.330 e. The van der Waals surface area contributed by atoms with E-state index in [-0.39, 0.29) is 5.34 Å². The molecular weight excluding hydrogens is 133 g/mol. The summed E-state index contributed by atoms with van der Waals surface area (Å²) in [6.45, 7) is 2.88. The van der Waals surface area contributed by atoms with Gasteiger partial charge in [0.15, 0.2) is 0 Å². The zero-order valence-electron chi connectivity index (χ0n) is 4.45. The molecule has 0 unspecified atom stereocenters. The molecule has 0 fully saturated rings. The van der Waals surface area contributed by atoms with Crippen molar-refractivity contribution < 1.29 is 0 Å². The maximum Gasteiger partial charge on any atom is 0.0967 e. The van der Waals surface area contributed by atoms with Crippen molar-refractivity contribution in [3.63, 3.8) is 0 Å². The number of rotatable bonds is 1. The molecule has 0 amide bonds. The number of alkyl halides is 2. The molecular formula is C4H11Cl2N. The van der Waals surface area contributed by atoms with Crippen molar-refractivity contribution in [3.05, 3.63) is 0 Å². The van der Waals surface area contributed by atoms with Gasteiger partial charge in [0.1, 0.15) is 0 Å². The minimum absolute atomic E-state index is 0.194. The fourth-order valence-electron chi connectivity index (χ4n) is 0. The van der Waals surface area contributed by atoms with Gasteiger partial charge < -0.3 is 5.73 Å². The largest absolute Gasteiger partial charge is 0.330 e. The zero-order valence-corrected chi connectivity index (χ0v) is 5.97. The van der Waals surface area contributed by atoms with Crippen molar-refractivity contribution in [2.24, 2.45) is 5.73 Å². The third-order valence-corrected chi connectivity index (χ3v) is 0.289. The topological polar surface area (TPSA) is 26.0 Å². The van der Waals surface area contributed by atoms with Crippen LogP contribution >= 0.6 is 23.2 Å². The van der Waals surface area contributed by atoms with E-state index in [0.29, 0.717) is 0 Å². The summed E-state index contributed by atoms with van der Waals surface area (Å²) in [6.07, 6.45) is 1.10. The standard InChI is InChI=1S/C3H9N.CH2Cl2/c1-2-3-4;2-1-3/h2-4H2,1H3;1H2. The molecule has 1 nitrogen and oxygen atoms in total. The number of halogens is 2. The van der Waals surface area contributed by atoms with Crippen LogP contribution in [0.3, 0.4) is 0 Å². The number of hydrogen-bond donors (Lipinski definition) is 1. The van der Waals surface area contributed by atoms with Crippen molar-refractivity contribution >= 4 is 23.2 Å². The maximum absolute atomic E-state index is 5.03. The van der Waals surface area contributed by atoms with Gasteiger partial charge in [0, 0.05) is 0 Å². The van der Waals surface area contributed by atoms with Crippen molar-refractivity contribution in [1.82, 2.24) is 0 Å². The second-order valence-electron chi connectivity index (χ2n) is 0.890. The Bertz CT molecular complexity index is 17.2. The molecule has 0 aromatic rings. The molecule has 0 bridgehead atoms. The Morgan fingerprint density at radius 2 is 1.57 bits per heavy atom. The quantitative estimate of drug-likeness (QED) is 0.557. The molecule has 0 aliphatic heterocycles. The van der Waals surface area contributed by atoms with Crippen molar-refractivity contribution in [1.29, 1.82) is 0 Å². The first kappa shape index (κ1) is 10.5. The molecule has 0 heterocycles. The van der Waals surface area contributed by atoms with E-state index in [1.54, 1.807) is 0 Å². The molecule has 0 saturated carbocycles. The highest BCUT2D eigenvalue weighted by molar-refractivity contribution is 6.40. The second kappa shape index (κ2) is 16.0. The van der Waals surface area contributed by atoms with Gasteiger partial charge in [-0.25, -0.2) is 0 Å².